The van der Waals surface area contributed by atoms with Gasteiger partial charge >= 0.3 is 0 Å². The molecule has 2 aromatic carbocycles. The number of aromatic nitrogens is 1. The number of hydrogen-bond donors (Lipinski definition) is 3. The molecule has 4 N–H and O–H groups in total. The highest BCUT2D eigenvalue weighted by Crippen LogP contribution is 2.20. The normalized spacial score (nSPS) is 17.6. The summed E-state index contributed by atoms with van der Waals surface area (Å²) in [5.74, 6) is -0.176. The highest BCUT2D eigenvalue weighted by molar-refractivity contribution is 5.94. The molecule has 6 heteroatoms. The second kappa shape index (κ2) is 7.86. The predicted molar refractivity (Wildman–Crippen MR) is 109 cm³/mol. The third kappa shape index (κ3) is 3.77. The molecule has 2 amide bonds. The monoisotopic (exact) mass is 376 g/mol. The zero-order valence-corrected chi connectivity index (χ0v) is 15.6. The number of para-hydroxylation sites is 1. The van der Waals surface area contributed by atoms with Gasteiger partial charge in [0.15, 0.2) is 0 Å². The van der Waals surface area contributed by atoms with Crippen LogP contribution in [0.4, 0.5) is 0 Å². The fourth-order valence-corrected chi connectivity index (χ4v) is 3.80. The number of nitrogens with zero attached hydrogens (tertiary/aromatic N) is 1. The second-order valence-electron chi connectivity index (χ2n) is 7.28. The molecular weight excluding hydrogens is 352 g/mol. The summed E-state index contributed by atoms with van der Waals surface area (Å²) in [6.07, 6.45) is 3.15. The minimum absolute atomic E-state index is 0.0445. The lowest BCUT2D eigenvalue weighted by Crippen LogP contribution is -2.45. The van der Waals surface area contributed by atoms with E-state index in [1.165, 1.54) is 0 Å². The van der Waals surface area contributed by atoms with Gasteiger partial charge in [0.05, 0.1) is 6.04 Å². The number of likely N-dealkylation sites (tertiary alicyclic amines) is 1. The van der Waals surface area contributed by atoms with Gasteiger partial charge in [-0.15, -0.1) is 0 Å². The van der Waals surface area contributed by atoms with E-state index >= 15 is 0 Å². The van der Waals surface area contributed by atoms with E-state index in [1.54, 1.807) is 17.0 Å². The van der Waals surface area contributed by atoms with Crippen LogP contribution in [0.2, 0.25) is 0 Å². The smallest absolute Gasteiger partial charge is 0.251 e. The molecule has 1 aromatic heterocycles. The fraction of sp³-hybridized carbons (Fsp3) is 0.273. The number of fused-ring (bicyclic) bond motifs is 1. The van der Waals surface area contributed by atoms with E-state index in [-0.39, 0.29) is 17.9 Å². The lowest BCUT2D eigenvalue weighted by Gasteiger charge is -2.21. The standard InChI is InChI=1S/C22H24N4O2/c23-19(12-16-13-24-20-9-5-4-8-18(16)20)22(28)26-11-10-17(14-26)25-21(27)15-6-2-1-3-7-15/h1-9,13,17,19,24H,10-12,14,23H2,(H,25,27)/t17-,19+/m1/s1. The van der Waals surface area contributed by atoms with Crippen LogP contribution in [0, 0.1) is 0 Å². The van der Waals surface area contributed by atoms with Gasteiger partial charge in [-0.05, 0) is 36.6 Å². The highest BCUT2D eigenvalue weighted by Gasteiger charge is 2.30. The van der Waals surface area contributed by atoms with Crippen molar-refractivity contribution < 1.29 is 9.59 Å². The molecule has 1 saturated heterocycles. The van der Waals surface area contributed by atoms with Gasteiger partial charge in [0.2, 0.25) is 5.91 Å². The number of aromatic amines is 1. The van der Waals surface area contributed by atoms with E-state index < -0.39 is 6.04 Å². The second-order valence-corrected chi connectivity index (χ2v) is 7.28. The van der Waals surface area contributed by atoms with Crippen LogP contribution in [0.15, 0.2) is 60.8 Å². The number of rotatable bonds is 5. The van der Waals surface area contributed by atoms with Crippen LogP contribution in [0.5, 0.6) is 0 Å². The lowest BCUT2D eigenvalue weighted by molar-refractivity contribution is -0.131. The van der Waals surface area contributed by atoms with Gasteiger partial charge in [0, 0.05) is 41.8 Å². The number of amides is 2. The van der Waals surface area contributed by atoms with Crippen molar-refractivity contribution in [3.63, 3.8) is 0 Å². The molecule has 0 spiro atoms. The fourth-order valence-electron chi connectivity index (χ4n) is 3.80. The molecule has 0 aliphatic carbocycles. The van der Waals surface area contributed by atoms with Gasteiger partial charge < -0.3 is 20.9 Å². The average Bonchev–Trinajstić information content (AvgIpc) is 3.35. The zero-order valence-electron chi connectivity index (χ0n) is 15.6. The SMILES string of the molecule is N[C@@H](Cc1c[nH]c2ccccc12)C(=O)N1CC[C@@H](NC(=O)c2ccccc2)C1. The molecule has 0 unspecified atom stereocenters. The van der Waals surface area contributed by atoms with Crippen LogP contribution in [-0.4, -0.2) is 46.9 Å². The van der Waals surface area contributed by atoms with Gasteiger partial charge in [0.1, 0.15) is 0 Å². The number of H-pyrrole nitrogens is 1. The number of hydrogen-bond acceptors (Lipinski definition) is 3. The summed E-state index contributed by atoms with van der Waals surface area (Å²) in [5.41, 5.74) is 8.94. The van der Waals surface area contributed by atoms with Crippen molar-refractivity contribution in [1.82, 2.24) is 15.2 Å². The van der Waals surface area contributed by atoms with Crippen molar-refractivity contribution in [2.45, 2.75) is 24.9 Å². The van der Waals surface area contributed by atoms with E-state index in [0.29, 0.717) is 25.1 Å². The van der Waals surface area contributed by atoms with Crippen molar-refractivity contribution in [3.05, 3.63) is 71.9 Å². The summed E-state index contributed by atoms with van der Waals surface area (Å²) in [6, 6.07) is 16.5. The topological polar surface area (TPSA) is 91.2 Å². The first-order valence-corrected chi connectivity index (χ1v) is 9.57. The van der Waals surface area contributed by atoms with E-state index in [9.17, 15) is 9.59 Å². The number of carbonyl (C=O) groups is 2. The molecule has 3 aromatic rings. The van der Waals surface area contributed by atoms with Crippen molar-refractivity contribution >= 4 is 22.7 Å². The number of nitrogens with two attached hydrogens (primary N) is 1. The van der Waals surface area contributed by atoms with Crippen LogP contribution < -0.4 is 11.1 Å². The Kier molecular flexibility index (Phi) is 5.12. The van der Waals surface area contributed by atoms with Crippen molar-refractivity contribution in [1.29, 1.82) is 0 Å². The molecule has 0 radical (unpaired) electrons. The Morgan fingerprint density at radius 1 is 1.14 bits per heavy atom. The van der Waals surface area contributed by atoms with Crippen LogP contribution >= 0.6 is 0 Å². The maximum atomic E-state index is 12.8. The highest BCUT2D eigenvalue weighted by atomic mass is 16.2. The minimum atomic E-state index is -0.595. The Morgan fingerprint density at radius 3 is 2.71 bits per heavy atom. The molecule has 2 heterocycles. The molecule has 1 aliphatic rings. The lowest BCUT2D eigenvalue weighted by atomic mass is 10.0. The van der Waals surface area contributed by atoms with Gasteiger partial charge in [-0.25, -0.2) is 0 Å². The van der Waals surface area contributed by atoms with Gasteiger partial charge in [0.25, 0.3) is 5.91 Å². The van der Waals surface area contributed by atoms with Gasteiger partial charge in [-0.3, -0.25) is 9.59 Å². The van der Waals surface area contributed by atoms with Crippen molar-refractivity contribution in [3.8, 4) is 0 Å². The quantitative estimate of drug-likeness (QED) is 0.637. The van der Waals surface area contributed by atoms with Gasteiger partial charge in [-0.2, -0.15) is 0 Å². The van der Waals surface area contributed by atoms with Crippen molar-refractivity contribution in [2.24, 2.45) is 5.73 Å². The Balaban J connectivity index is 1.34. The van der Waals surface area contributed by atoms with Crippen LogP contribution in [0.25, 0.3) is 10.9 Å². The van der Waals surface area contributed by atoms with E-state index in [4.69, 9.17) is 5.73 Å². The molecule has 2 atom stereocenters. The summed E-state index contributed by atoms with van der Waals surface area (Å²) in [6.45, 7) is 1.11. The first-order chi connectivity index (χ1) is 13.6. The largest absolute Gasteiger partial charge is 0.361 e. The molecule has 28 heavy (non-hydrogen) atoms. The Labute approximate surface area is 163 Å². The van der Waals surface area contributed by atoms with Gasteiger partial charge in [-0.1, -0.05) is 36.4 Å². The Morgan fingerprint density at radius 2 is 1.89 bits per heavy atom. The predicted octanol–water partition coefficient (Wildman–Crippen LogP) is 2.07. The molecule has 1 fully saturated rings. The molecule has 1 aliphatic heterocycles. The number of nitrogens with one attached hydrogen (secondary N) is 2. The summed E-state index contributed by atoms with van der Waals surface area (Å²) >= 11 is 0. The van der Waals surface area contributed by atoms with E-state index in [0.717, 1.165) is 22.9 Å². The Hall–Kier alpha value is -3.12. The maximum absolute atomic E-state index is 12.8. The molecule has 4 rings (SSSR count). The minimum Gasteiger partial charge on any atom is -0.361 e. The molecule has 144 valence electrons. The Bertz CT molecular complexity index is 982. The maximum Gasteiger partial charge on any atom is 0.251 e. The zero-order chi connectivity index (χ0) is 19.5. The van der Waals surface area contributed by atoms with Crippen molar-refractivity contribution in [2.75, 3.05) is 13.1 Å². The third-order valence-corrected chi connectivity index (χ3v) is 5.30. The van der Waals surface area contributed by atoms with Crippen LogP contribution in [0.3, 0.4) is 0 Å². The first-order valence-electron chi connectivity index (χ1n) is 9.57. The first kappa shape index (κ1) is 18.3. The number of benzene rings is 2. The molecule has 6 nitrogen and oxygen atoms in total. The molecule has 0 saturated carbocycles. The van der Waals surface area contributed by atoms with Crippen LogP contribution in [0.1, 0.15) is 22.3 Å². The molecule has 0 bridgehead atoms. The van der Waals surface area contributed by atoms with Crippen LogP contribution in [-0.2, 0) is 11.2 Å². The third-order valence-electron chi connectivity index (χ3n) is 5.30. The van der Waals surface area contributed by atoms with E-state index in [1.807, 2.05) is 48.7 Å². The molecular formula is C22H24N4O2. The number of carbonyl (C=O) groups excluding carboxylic acids is 2. The summed E-state index contributed by atoms with van der Waals surface area (Å²) in [5, 5.41) is 4.11. The summed E-state index contributed by atoms with van der Waals surface area (Å²) < 4.78 is 0. The summed E-state index contributed by atoms with van der Waals surface area (Å²) in [7, 11) is 0. The summed E-state index contributed by atoms with van der Waals surface area (Å²) in [4.78, 5) is 30.1. The average molecular weight is 376 g/mol. The van der Waals surface area contributed by atoms with E-state index in [2.05, 4.69) is 10.3 Å².